The van der Waals surface area contributed by atoms with Gasteiger partial charge in [0.25, 0.3) is 5.56 Å². The zero-order valence-corrected chi connectivity index (χ0v) is 9.57. The molecule has 6 heteroatoms. The summed E-state index contributed by atoms with van der Waals surface area (Å²) in [6.07, 6.45) is 4.02. The van der Waals surface area contributed by atoms with Crippen LogP contribution in [0.5, 0.6) is 0 Å². The number of aromatic nitrogens is 2. The van der Waals surface area contributed by atoms with Crippen molar-refractivity contribution in [3.05, 3.63) is 27.4 Å². The first-order chi connectivity index (χ1) is 7.70. The fourth-order valence-electron chi connectivity index (χ4n) is 1.90. The molecule has 0 spiro atoms. The van der Waals surface area contributed by atoms with Crippen molar-refractivity contribution in [2.75, 3.05) is 6.61 Å². The van der Waals surface area contributed by atoms with Crippen molar-refractivity contribution < 1.29 is 9.84 Å². The molecule has 2 N–H and O–H groups in total. The number of hydrogen-bond acceptors (Lipinski definition) is 4. The number of nitrogens with one attached hydrogen (secondary N) is 1. The fourth-order valence-corrected chi connectivity index (χ4v) is 2.18. The summed E-state index contributed by atoms with van der Waals surface area (Å²) in [4.78, 5) is 13.6. The molecule has 2 atom stereocenters. The van der Waals surface area contributed by atoms with Gasteiger partial charge in [-0.3, -0.25) is 14.3 Å². The van der Waals surface area contributed by atoms with Crippen LogP contribution in [-0.4, -0.2) is 27.4 Å². The summed E-state index contributed by atoms with van der Waals surface area (Å²) >= 11 is 5.06. The maximum atomic E-state index is 11.0. The summed E-state index contributed by atoms with van der Waals surface area (Å²) in [7, 11) is 0. The average Bonchev–Trinajstić information content (AvgIpc) is 2.67. The second-order valence-electron chi connectivity index (χ2n) is 3.82. The second kappa shape index (κ2) is 4.90. The van der Waals surface area contributed by atoms with Gasteiger partial charge in [-0.05, 0) is 31.5 Å². The van der Waals surface area contributed by atoms with Crippen LogP contribution in [0.4, 0.5) is 0 Å². The lowest BCUT2D eigenvalue weighted by Gasteiger charge is -2.15. The number of rotatable bonds is 3. The van der Waals surface area contributed by atoms with Gasteiger partial charge in [0.15, 0.2) is 4.77 Å². The van der Waals surface area contributed by atoms with Gasteiger partial charge in [0.2, 0.25) is 0 Å². The molecule has 1 aromatic rings. The van der Waals surface area contributed by atoms with E-state index in [1.165, 1.54) is 6.07 Å². The molecular formula is C10H14N2O3S. The molecule has 1 aliphatic rings. The van der Waals surface area contributed by atoms with E-state index in [4.69, 9.17) is 22.1 Å². The van der Waals surface area contributed by atoms with E-state index in [2.05, 4.69) is 4.98 Å². The highest BCUT2D eigenvalue weighted by molar-refractivity contribution is 7.71. The molecule has 1 aromatic heterocycles. The van der Waals surface area contributed by atoms with Crippen molar-refractivity contribution in [2.45, 2.75) is 31.6 Å². The van der Waals surface area contributed by atoms with Gasteiger partial charge in [-0.25, -0.2) is 0 Å². The molecule has 2 heterocycles. The van der Waals surface area contributed by atoms with Crippen molar-refractivity contribution in [3.63, 3.8) is 0 Å². The molecule has 1 fully saturated rings. The standard InChI is InChI=1S/C10H14N2O3S/c13-6-4-7-1-2-9(15-7)12-5-3-8(14)11-10(12)16/h3,5,7,9,13H,1-2,4,6H2,(H,11,14,16)/t7-,9?/m0/s1. The van der Waals surface area contributed by atoms with Gasteiger partial charge < -0.3 is 9.84 Å². The summed E-state index contributed by atoms with van der Waals surface area (Å²) in [5.41, 5.74) is -0.203. The van der Waals surface area contributed by atoms with E-state index in [0.717, 1.165) is 12.8 Å². The van der Waals surface area contributed by atoms with Crippen LogP contribution in [0.1, 0.15) is 25.5 Å². The lowest BCUT2D eigenvalue weighted by molar-refractivity contribution is -0.00922. The molecular weight excluding hydrogens is 228 g/mol. The minimum Gasteiger partial charge on any atom is -0.396 e. The lowest BCUT2D eigenvalue weighted by atomic mass is 10.2. The third kappa shape index (κ3) is 2.40. The monoisotopic (exact) mass is 242 g/mol. The molecule has 5 nitrogen and oxygen atoms in total. The molecule has 0 radical (unpaired) electrons. The van der Waals surface area contributed by atoms with E-state index in [1.807, 2.05) is 0 Å². The zero-order chi connectivity index (χ0) is 11.5. The smallest absolute Gasteiger partial charge is 0.251 e. The van der Waals surface area contributed by atoms with Gasteiger partial charge >= 0.3 is 0 Å². The normalized spacial score (nSPS) is 24.8. The van der Waals surface area contributed by atoms with Crippen molar-refractivity contribution in [1.29, 1.82) is 0 Å². The average molecular weight is 242 g/mol. The van der Waals surface area contributed by atoms with Gasteiger partial charge in [-0.1, -0.05) is 0 Å². The predicted molar refractivity (Wildman–Crippen MR) is 60.7 cm³/mol. The SMILES string of the molecule is O=c1ccn(C2CC[C@@H](CCO)O2)c(=S)[nH]1. The van der Waals surface area contributed by atoms with Crippen LogP contribution in [0.3, 0.4) is 0 Å². The topological polar surface area (TPSA) is 67.2 Å². The molecule has 0 aromatic carbocycles. The van der Waals surface area contributed by atoms with Crippen LogP contribution in [0.25, 0.3) is 0 Å². The largest absolute Gasteiger partial charge is 0.396 e. The summed E-state index contributed by atoms with van der Waals surface area (Å²) in [5.74, 6) is 0. The van der Waals surface area contributed by atoms with E-state index in [-0.39, 0.29) is 24.5 Å². The number of nitrogens with zero attached hydrogens (tertiary/aromatic N) is 1. The summed E-state index contributed by atoms with van der Waals surface area (Å²) in [6.45, 7) is 0.133. The van der Waals surface area contributed by atoms with E-state index in [9.17, 15) is 4.79 Å². The molecule has 16 heavy (non-hydrogen) atoms. The molecule has 0 amide bonds. The van der Waals surface area contributed by atoms with Gasteiger partial charge in [-0.15, -0.1) is 0 Å². The van der Waals surface area contributed by atoms with Gasteiger partial charge in [-0.2, -0.15) is 0 Å². The Morgan fingerprint density at radius 2 is 2.44 bits per heavy atom. The number of aliphatic hydroxyl groups excluding tert-OH is 1. The van der Waals surface area contributed by atoms with E-state index in [1.54, 1.807) is 10.8 Å². The Morgan fingerprint density at radius 3 is 3.12 bits per heavy atom. The highest BCUT2D eigenvalue weighted by Gasteiger charge is 2.25. The fraction of sp³-hybridized carbons (Fsp3) is 0.600. The summed E-state index contributed by atoms with van der Waals surface area (Å²) < 4.78 is 7.84. The molecule has 1 unspecified atom stereocenters. The van der Waals surface area contributed by atoms with Crippen molar-refractivity contribution in [3.8, 4) is 0 Å². The Morgan fingerprint density at radius 1 is 1.62 bits per heavy atom. The van der Waals surface area contributed by atoms with Crippen molar-refractivity contribution in [2.24, 2.45) is 0 Å². The second-order valence-corrected chi connectivity index (χ2v) is 4.21. The number of ether oxygens (including phenoxy) is 1. The zero-order valence-electron chi connectivity index (χ0n) is 8.76. The third-order valence-corrected chi connectivity index (χ3v) is 3.01. The van der Waals surface area contributed by atoms with Gasteiger partial charge in [0.05, 0.1) is 6.10 Å². The predicted octanol–water partition coefficient (Wildman–Crippen LogP) is 0.966. The maximum absolute atomic E-state index is 11.0. The van der Waals surface area contributed by atoms with Gasteiger partial charge in [0, 0.05) is 18.9 Å². The molecule has 1 saturated heterocycles. The Hall–Kier alpha value is -0.980. The Bertz CT molecular complexity index is 468. The third-order valence-electron chi connectivity index (χ3n) is 2.70. The molecule has 2 rings (SSSR count). The number of H-pyrrole nitrogens is 1. The van der Waals surface area contributed by atoms with Crippen LogP contribution >= 0.6 is 12.2 Å². The van der Waals surface area contributed by atoms with Crippen LogP contribution < -0.4 is 5.56 Å². The highest BCUT2D eigenvalue weighted by atomic mass is 32.1. The highest BCUT2D eigenvalue weighted by Crippen LogP contribution is 2.29. The van der Waals surface area contributed by atoms with Crippen LogP contribution in [0.2, 0.25) is 0 Å². The van der Waals surface area contributed by atoms with Crippen LogP contribution in [0, 0.1) is 4.77 Å². The quantitative estimate of drug-likeness (QED) is 0.775. The number of hydrogen-bond donors (Lipinski definition) is 2. The molecule has 1 aliphatic heterocycles. The Balaban J connectivity index is 2.14. The molecule has 0 bridgehead atoms. The number of aromatic amines is 1. The summed E-state index contributed by atoms with van der Waals surface area (Å²) in [6, 6.07) is 1.43. The molecule has 0 saturated carbocycles. The number of aliphatic hydroxyl groups is 1. The van der Waals surface area contributed by atoms with Crippen molar-refractivity contribution >= 4 is 12.2 Å². The first-order valence-electron chi connectivity index (χ1n) is 5.28. The summed E-state index contributed by atoms with van der Waals surface area (Å²) in [5, 5.41) is 8.82. The Kier molecular flexibility index (Phi) is 3.52. The first-order valence-corrected chi connectivity index (χ1v) is 5.69. The van der Waals surface area contributed by atoms with Crippen molar-refractivity contribution in [1.82, 2.24) is 9.55 Å². The van der Waals surface area contributed by atoms with Crippen LogP contribution in [-0.2, 0) is 4.74 Å². The van der Waals surface area contributed by atoms with E-state index >= 15 is 0 Å². The lowest BCUT2D eigenvalue weighted by Crippen LogP contribution is -2.17. The van der Waals surface area contributed by atoms with E-state index in [0.29, 0.717) is 11.2 Å². The molecule has 88 valence electrons. The minimum atomic E-state index is -0.203. The minimum absolute atomic E-state index is 0.0869. The molecule has 0 aliphatic carbocycles. The van der Waals surface area contributed by atoms with Crippen LogP contribution in [0.15, 0.2) is 17.1 Å². The first kappa shape index (κ1) is 11.5. The van der Waals surface area contributed by atoms with Gasteiger partial charge in [0.1, 0.15) is 6.23 Å². The Labute approximate surface area is 97.7 Å². The van der Waals surface area contributed by atoms with E-state index < -0.39 is 0 Å². The maximum Gasteiger partial charge on any atom is 0.251 e.